The maximum Gasteiger partial charge on any atom is 0.253 e. The number of benzene rings is 1. The molecular weight excluding hydrogens is 280 g/mol. The average molecular weight is 294 g/mol. The Labute approximate surface area is 126 Å². The first-order valence-electron chi connectivity index (χ1n) is 7.14. The largest absolute Gasteiger partial charge is 0.338 e. The van der Waals surface area contributed by atoms with Crippen LogP contribution in [0.25, 0.3) is 11.0 Å². The Hall–Kier alpha value is -2.83. The molecule has 3 heterocycles. The normalized spacial score (nSPS) is 15.0. The minimum Gasteiger partial charge on any atom is -0.338 e. The van der Waals surface area contributed by atoms with Crippen molar-refractivity contribution in [1.82, 2.24) is 29.9 Å². The molecule has 1 amide bonds. The minimum absolute atomic E-state index is 0.0439. The molecule has 4 rings (SSSR count). The number of likely N-dealkylation sites (tertiary alicyclic amines) is 1. The number of hydrogen-bond acceptors (Lipinski definition) is 5. The molecule has 1 aliphatic rings. The molecule has 3 aromatic rings. The highest BCUT2D eigenvalue weighted by molar-refractivity contribution is 5.97. The van der Waals surface area contributed by atoms with E-state index in [1.807, 2.05) is 23.2 Å². The smallest absolute Gasteiger partial charge is 0.253 e. The fraction of sp³-hybridized carbons (Fsp3) is 0.267. The number of fused-ring (bicyclic) bond motifs is 1. The van der Waals surface area contributed by atoms with E-state index in [4.69, 9.17) is 0 Å². The van der Waals surface area contributed by atoms with E-state index in [-0.39, 0.29) is 5.91 Å². The van der Waals surface area contributed by atoms with E-state index in [0.717, 1.165) is 30.7 Å². The average Bonchev–Trinajstić information content (AvgIpc) is 3.02. The molecule has 0 spiro atoms. The predicted molar refractivity (Wildman–Crippen MR) is 79.0 cm³/mol. The number of carbonyl (C=O) groups is 1. The molecule has 22 heavy (non-hydrogen) atoms. The first-order valence-corrected chi connectivity index (χ1v) is 7.14. The SMILES string of the molecule is O=C(c1ccc2nccnc2c1)N1CC(Cn2ccnn2)C1. The highest BCUT2D eigenvalue weighted by Crippen LogP contribution is 2.21. The maximum atomic E-state index is 12.5. The number of hydrogen-bond donors (Lipinski definition) is 0. The van der Waals surface area contributed by atoms with Crippen LogP contribution in [0.4, 0.5) is 0 Å². The van der Waals surface area contributed by atoms with Crippen molar-refractivity contribution in [2.75, 3.05) is 13.1 Å². The molecule has 0 bridgehead atoms. The molecule has 0 saturated carbocycles. The lowest BCUT2D eigenvalue weighted by molar-refractivity contribution is 0.0460. The third-order valence-corrected chi connectivity index (χ3v) is 3.88. The first-order chi connectivity index (χ1) is 10.8. The topological polar surface area (TPSA) is 76.8 Å². The van der Waals surface area contributed by atoms with Crippen molar-refractivity contribution in [2.45, 2.75) is 6.54 Å². The van der Waals surface area contributed by atoms with Crippen LogP contribution in [0.15, 0.2) is 43.0 Å². The molecule has 110 valence electrons. The molecule has 0 atom stereocenters. The fourth-order valence-electron chi connectivity index (χ4n) is 2.72. The monoisotopic (exact) mass is 294 g/mol. The third-order valence-electron chi connectivity index (χ3n) is 3.88. The Morgan fingerprint density at radius 1 is 1.14 bits per heavy atom. The zero-order valence-corrected chi connectivity index (χ0v) is 11.8. The summed E-state index contributed by atoms with van der Waals surface area (Å²) >= 11 is 0. The van der Waals surface area contributed by atoms with Gasteiger partial charge in [0.1, 0.15) is 0 Å². The van der Waals surface area contributed by atoms with Gasteiger partial charge in [-0.25, -0.2) is 0 Å². The molecule has 7 heteroatoms. The molecule has 1 saturated heterocycles. The Morgan fingerprint density at radius 2 is 1.95 bits per heavy atom. The molecular formula is C15H14N6O. The van der Waals surface area contributed by atoms with Gasteiger partial charge in [0.2, 0.25) is 0 Å². The molecule has 1 fully saturated rings. The second kappa shape index (κ2) is 5.18. The first kappa shape index (κ1) is 12.9. The third kappa shape index (κ3) is 2.30. The second-order valence-electron chi connectivity index (χ2n) is 5.46. The van der Waals surface area contributed by atoms with Crippen LogP contribution in [0, 0.1) is 5.92 Å². The molecule has 0 unspecified atom stereocenters. The number of aromatic nitrogens is 5. The second-order valence-corrected chi connectivity index (χ2v) is 5.46. The summed E-state index contributed by atoms with van der Waals surface area (Å²) in [6, 6.07) is 5.45. The van der Waals surface area contributed by atoms with Gasteiger partial charge in [-0.2, -0.15) is 0 Å². The molecule has 2 aromatic heterocycles. The summed E-state index contributed by atoms with van der Waals surface area (Å²) in [5.74, 6) is 0.480. The van der Waals surface area contributed by atoms with Crippen molar-refractivity contribution in [3.05, 3.63) is 48.5 Å². The van der Waals surface area contributed by atoms with Crippen molar-refractivity contribution in [3.63, 3.8) is 0 Å². The van der Waals surface area contributed by atoms with Crippen molar-refractivity contribution in [2.24, 2.45) is 5.92 Å². The Morgan fingerprint density at radius 3 is 2.73 bits per heavy atom. The van der Waals surface area contributed by atoms with Gasteiger partial charge in [0, 0.05) is 49.7 Å². The van der Waals surface area contributed by atoms with Gasteiger partial charge in [-0.3, -0.25) is 19.4 Å². The molecule has 0 N–H and O–H groups in total. The zero-order valence-electron chi connectivity index (χ0n) is 11.8. The van der Waals surface area contributed by atoms with Crippen molar-refractivity contribution in [1.29, 1.82) is 0 Å². The van der Waals surface area contributed by atoms with E-state index >= 15 is 0 Å². The fourth-order valence-corrected chi connectivity index (χ4v) is 2.72. The van der Waals surface area contributed by atoms with E-state index in [0.29, 0.717) is 11.5 Å². The Bertz CT molecular complexity index is 810. The Balaban J connectivity index is 1.44. The Kier molecular flexibility index (Phi) is 3.03. The summed E-state index contributed by atoms with van der Waals surface area (Å²) in [4.78, 5) is 22.8. The van der Waals surface area contributed by atoms with E-state index < -0.39 is 0 Å². The summed E-state index contributed by atoms with van der Waals surface area (Å²) in [5, 5.41) is 7.73. The van der Waals surface area contributed by atoms with Crippen LogP contribution in [0.1, 0.15) is 10.4 Å². The zero-order chi connectivity index (χ0) is 14.9. The van der Waals surface area contributed by atoms with Crippen molar-refractivity contribution >= 4 is 16.9 Å². The van der Waals surface area contributed by atoms with Crippen molar-refractivity contribution in [3.8, 4) is 0 Å². The molecule has 1 aliphatic heterocycles. The van der Waals surface area contributed by atoms with E-state index in [1.165, 1.54) is 0 Å². The van der Waals surface area contributed by atoms with Gasteiger partial charge in [-0.15, -0.1) is 5.10 Å². The standard InChI is InChI=1S/C15H14N6O/c22-15(12-1-2-13-14(7-12)17-4-3-16-13)20-8-11(9-20)10-21-6-5-18-19-21/h1-7,11H,8-10H2. The molecule has 0 radical (unpaired) electrons. The van der Waals surface area contributed by atoms with Gasteiger partial charge in [-0.1, -0.05) is 5.21 Å². The van der Waals surface area contributed by atoms with Crippen LogP contribution in [0.3, 0.4) is 0 Å². The number of amides is 1. The summed E-state index contributed by atoms with van der Waals surface area (Å²) in [5.41, 5.74) is 2.20. The molecule has 7 nitrogen and oxygen atoms in total. The van der Waals surface area contributed by atoms with Crippen LogP contribution in [0.2, 0.25) is 0 Å². The van der Waals surface area contributed by atoms with Gasteiger partial charge in [0.25, 0.3) is 5.91 Å². The van der Waals surface area contributed by atoms with Gasteiger partial charge in [-0.05, 0) is 18.2 Å². The summed E-state index contributed by atoms with van der Waals surface area (Å²) in [7, 11) is 0. The number of rotatable bonds is 3. The van der Waals surface area contributed by atoms with E-state index in [9.17, 15) is 4.79 Å². The molecule has 0 aliphatic carbocycles. The van der Waals surface area contributed by atoms with Crippen LogP contribution in [-0.4, -0.2) is 48.9 Å². The van der Waals surface area contributed by atoms with Crippen LogP contribution in [-0.2, 0) is 6.54 Å². The minimum atomic E-state index is 0.0439. The summed E-state index contributed by atoms with van der Waals surface area (Å²) in [6.45, 7) is 2.29. The lowest BCUT2D eigenvalue weighted by Crippen LogP contribution is -2.51. The van der Waals surface area contributed by atoms with Crippen LogP contribution >= 0.6 is 0 Å². The quantitative estimate of drug-likeness (QED) is 0.720. The van der Waals surface area contributed by atoms with Gasteiger partial charge < -0.3 is 4.90 Å². The maximum absolute atomic E-state index is 12.5. The van der Waals surface area contributed by atoms with E-state index in [1.54, 1.807) is 29.3 Å². The predicted octanol–water partition coefficient (Wildman–Crippen LogP) is 0.993. The van der Waals surface area contributed by atoms with Gasteiger partial charge >= 0.3 is 0 Å². The van der Waals surface area contributed by atoms with Crippen molar-refractivity contribution < 1.29 is 4.79 Å². The number of carbonyl (C=O) groups excluding carboxylic acids is 1. The highest BCUT2D eigenvalue weighted by Gasteiger charge is 2.31. The summed E-state index contributed by atoms with van der Waals surface area (Å²) < 4.78 is 1.80. The van der Waals surface area contributed by atoms with Gasteiger partial charge in [0.15, 0.2) is 0 Å². The van der Waals surface area contributed by atoms with E-state index in [2.05, 4.69) is 20.3 Å². The van der Waals surface area contributed by atoms with Gasteiger partial charge in [0.05, 0.1) is 17.2 Å². The number of nitrogens with zero attached hydrogens (tertiary/aromatic N) is 6. The summed E-state index contributed by atoms with van der Waals surface area (Å²) in [6.07, 6.45) is 6.78. The van der Waals surface area contributed by atoms with Crippen LogP contribution in [0.5, 0.6) is 0 Å². The van der Waals surface area contributed by atoms with Crippen LogP contribution < -0.4 is 0 Å². The lowest BCUT2D eigenvalue weighted by atomic mass is 9.98. The molecule has 1 aromatic carbocycles. The highest BCUT2D eigenvalue weighted by atomic mass is 16.2. The lowest BCUT2D eigenvalue weighted by Gasteiger charge is -2.39.